The lowest BCUT2D eigenvalue weighted by atomic mass is 10.2. The van der Waals surface area contributed by atoms with E-state index in [-0.39, 0.29) is 5.82 Å². The number of aryl methyl sites for hydroxylation is 1. The van der Waals surface area contributed by atoms with Crippen LogP contribution in [0, 0.1) is 5.82 Å². The van der Waals surface area contributed by atoms with Gasteiger partial charge in [0.25, 0.3) is 5.56 Å². The van der Waals surface area contributed by atoms with Crippen LogP contribution in [0.2, 0.25) is 0 Å². The normalized spacial score (nSPS) is 11.1. The van der Waals surface area contributed by atoms with Crippen LogP contribution in [0.4, 0.5) is 10.3 Å². The van der Waals surface area contributed by atoms with Crippen LogP contribution in [0.5, 0.6) is 0 Å². The van der Waals surface area contributed by atoms with Crippen molar-refractivity contribution in [1.82, 2.24) is 18.7 Å². The van der Waals surface area contributed by atoms with E-state index in [1.807, 2.05) is 0 Å². The van der Waals surface area contributed by atoms with Gasteiger partial charge in [-0.2, -0.15) is 4.98 Å². The molecule has 1 aromatic carbocycles. The van der Waals surface area contributed by atoms with Crippen molar-refractivity contribution in [2.45, 2.75) is 6.54 Å². The van der Waals surface area contributed by atoms with Gasteiger partial charge in [-0.1, -0.05) is 12.1 Å². The van der Waals surface area contributed by atoms with Crippen molar-refractivity contribution in [3.8, 4) is 0 Å². The molecule has 23 heavy (non-hydrogen) atoms. The van der Waals surface area contributed by atoms with Crippen LogP contribution in [-0.2, 0) is 20.6 Å². The zero-order valence-corrected chi connectivity index (χ0v) is 13.0. The fraction of sp³-hybridized carbons (Fsp3) is 0.267. The van der Waals surface area contributed by atoms with E-state index in [1.165, 1.54) is 23.7 Å². The minimum Gasteiger partial charge on any atom is -0.359 e. The molecule has 0 saturated carbocycles. The third-order valence-electron chi connectivity index (χ3n) is 3.83. The maximum absolute atomic E-state index is 13.1. The fourth-order valence-electron chi connectivity index (χ4n) is 2.56. The zero-order chi connectivity index (χ0) is 16.7. The van der Waals surface area contributed by atoms with Gasteiger partial charge in [0.2, 0.25) is 5.95 Å². The minimum absolute atomic E-state index is 0.310. The molecule has 0 saturated heterocycles. The Morgan fingerprint density at radius 2 is 1.78 bits per heavy atom. The quantitative estimate of drug-likeness (QED) is 0.770. The lowest BCUT2D eigenvalue weighted by Gasteiger charge is -2.09. The van der Waals surface area contributed by atoms with Crippen LogP contribution >= 0.6 is 0 Å². The number of aromatic nitrogens is 4. The number of fused-ring (bicyclic) bond motifs is 1. The Hall–Kier alpha value is -2.90. The molecule has 1 N–H and O–H groups in total. The average molecular weight is 317 g/mol. The molecule has 0 bridgehead atoms. The first-order chi connectivity index (χ1) is 10.9. The summed E-state index contributed by atoms with van der Waals surface area (Å²) in [5.74, 6) is 0.138. The Morgan fingerprint density at radius 1 is 1.13 bits per heavy atom. The summed E-state index contributed by atoms with van der Waals surface area (Å²) in [6.45, 7) is 0.334. The molecule has 3 rings (SSSR count). The number of benzene rings is 1. The number of anilines is 1. The summed E-state index contributed by atoms with van der Waals surface area (Å²) >= 11 is 0. The van der Waals surface area contributed by atoms with E-state index < -0.39 is 11.2 Å². The number of nitrogens with one attached hydrogen (secondary N) is 1. The van der Waals surface area contributed by atoms with Gasteiger partial charge in [-0.15, -0.1) is 0 Å². The molecular formula is C15H16FN5O2. The lowest BCUT2D eigenvalue weighted by Crippen LogP contribution is -2.37. The van der Waals surface area contributed by atoms with Gasteiger partial charge >= 0.3 is 5.69 Å². The van der Waals surface area contributed by atoms with Gasteiger partial charge in [0, 0.05) is 21.1 Å². The summed E-state index contributed by atoms with van der Waals surface area (Å²) < 4.78 is 17.1. The predicted octanol–water partition coefficient (Wildman–Crippen LogP) is 0.663. The highest BCUT2D eigenvalue weighted by molar-refractivity contribution is 5.74. The molecule has 0 aliphatic heterocycles. The number of halogens is 1. The molecule has 0 unspecified atom stereocenters. The van der Waals surface area contributed by atoms with Crippen LogP contribution in [0.3, 0.4) is 0 Å². The molecule has 3 aromatic rings. The molecule has 0 spiro atoms. The van der Waals surface area contributed by atoms with E-state index >= 15 is 0 Å². The SMILES string of the molecule is CNc1nc2c(c(=O)n(C)c(=O)n2C)n1Cc1ccc(F)cc1. The monoisotopic (exact) mass is 317 g/mol. The van der Waals surface area contributed by atoms with E-state index in [4.69, 9.17) is 0 Å². The predicted molar refractivity (Wildman–Crippen MR) is 85.3 cm³/mol. The maximum atomic E-state index is 13.1. The Morgan fingerprint density at radius 3 is 2.39 bits per heavy atom. The van der Waals surface area contributed by atoms with E-state index in [1.54, 1.807) is 30.8 Å². The van der Waals surface area contributed by atoms with Crippen molar-refractivity contribution in [2.24, 2.45) is 14.1 Å². The Labute approximate surface area is 130 Å². The number of rotatable bonds is 3. The highest BCUT2D eigenvalue weighted by atomic mass is 19.1. The molecule has 120 valence electrons. The van der Waals surface area contributed by atoms with E-state index in [0.29, 0.717) is 23.7 Å². The van der Waals surface area contributed by atoms with E-state index in [0.717, 1.165) is 10.1 Å². The van der Waals surface area contributed by atoms with Crippen LogP contribution < -0.4 is 16.6 Å². The highest BCUT2D eigenvalue weighted by Gasteiger charge is 2.18. The van der Waals surface area contributed by atoms with Crippen molar-refractivity contribution in [3.63, 3.8) is 0 Å². The van der Waals surface area contributed by atoms with Gasteiger partial charge in [0.15, 0.2) is 11.2 Å². The molecule has 8 heteroatoms. The van der Waals surface area contributed by atoms with E-state index in [2.05, 4.69) is 10.3 Å². The Balaban J connectivity index is 2.29. The number of nitrogens with zero attached hydrogens (tertiary/aromatic N) is 4. The van der Waals surface area contributed by atoms with E-state index in [9.17, 15) is 14.0 Å². The largest absolute Gasteiger partial charge is 0.359 e. The first kappa shape index (κ1) is 15.0. The molecule has 0 amide bonds. The number of imidazole rings is 1. The van der Waals surface area contributed by atoms with Crippen LogP contribution in [0.25, 0.3) is 11.2 Å². The Kier molecular flexibility index (Phi) is 3.51. The molecule has 0 aliphatic rings. The molecule has 0 aliphatic carbocycles. The number of hydrogen-bond donors (Lipinski definition) is 1. The lowest BCUT2D eigenvalue weighted by molar-refractivity contribution is 0.626. The standard InChI is InChI=1S/C15H16FN5O2/c1-17-14-18-12-11(13(22)20(3)15(23)19(12)2)21(14)8-9-4-6-10(16)7-5-9/h4-7H,8H2,1-3H3,(H,17,18). The second-order valence-electron chi connectivity index (χ2n) is 5.28. The molecular weight excluding hydrogens is 301 g/mol. The smallest absolute Gasteiger partial charge is 0.332 e. The molecule has 2 heterocycles. The van der Waals surface area contributed by atoms with Gasteiger partial charge in [0.05, 0.1) is 6.54 Å². The third kappa shape index (κ3) is 2.32. The van der Waals surface area contributed by atoms with Gasteiger partial charge < -0.3 is 5.32 Å². The van der Waals surface area contributed by atoms with Gasteiger partial charge in [-0.25, -0.2) is 9.18 Å². The third-order valence-corrected chi connectivity index (χ3v) is 3.83. The summed E-state index contributed by atoms with van der Waals surface area (Å²) in [7, 11) is 4.68. The second kappa shape index (κ2) is 5.38. The van der Waals surface area contributed by atoms with Gasteiger partial charge in [-0.3, -0.25) is 18.5 Å². The minimum atomic E-state index is -0.434. The van der Waals surface area contributed by atoms with Crippen molar-refractivity contribution in [1.29, 1.82) is 0 Å². The molecule has 0 atom stereocenters. The first-order valence-electron chi connectivity index (χ1n) is 7.02. The van der Waals surface area contributed by atoms with Crippen LogP contribution in [0.1, 0.15) is 5.56 Å². The van der Waals surface area contributed by atoms with Gasteiger partial charge in [-0.05, 0) is 17.7 Å². The summed E-state index contributed by atoms with van der Waals surface area (Å²) in [5, 5.41) is 2.92. The zero-order valence-electron chi connectivity index (χ0n) is 13.0. The van der Waals surface area contributed by atoms with Crippen LogP contribution in [-0.4, -0.2) is 25.7 Å². The Bertz CT molecular complexity index is 998. The highest BCUT2D eigenvalue weighted by Crippen LogP contribution is 2.17. The van der Waals surface area contributed by atoms with Crippen molar-refractivity contribution in [3.05, 3.63) is 56.5 Å². The summed E-state index contributed by atoms with van der Waals surface area (Å²) in [6, 6.07) is 6.02. The van der Waals surface area contributed by atoms with Crippen LogP contribution in [0.15, 0.2) is 33.9 Å². The number of hydrogen-bond acceptors (Lipinski definition) is 4. The summed E-state index contributed by atoms with van der Waals surface area (Å²) in [4.78, 5) is 28.9. The molecule has 0 fully saturated rings. The van der Waals surface area contributed by atoms with Crippen molar-refractivity contribution in [2.75, 3.05) is 12.4 Å². The molecule has 2 aromatic heterocycles. The maximum Gasteiger partial charge on any atom is 0.332 e. The fourth-order valence-corrected chi connectivity index (χ4v) is 2.56. The topological polar surface area (TPSA) is 73.8 Å². The average Bonchev–Trinajstić information content (AvgIpc) is 2.91. The molecule has 0 radical (unpaired) electrons. The van der Waals surface area contributed by atoms with Crippen molar-refractivity contribution < 1.29 is 4.39 Å². The van der Waals surface area contributed by atoms with Crippen molar-refractivity contribution >= 4 is 17.1 Å². The second-order valence-corrected chi connectivity index (χ2v) is 5.28. The summed E-state index contributed by atoms with van der Waals surface area (Å²) in [6.07, 6.45) is 0. The first-order valence-corrected chi connectivity index (χ1v) is 7.02. The van der Waals surface area contributed by atoms with Gasteiger partial charge in [0.1, 0.15) is 5.82 Å². The summed E-state index contributed by atoms with van der Waals surface area (Å²) in [5.41, 5.74) is 0.599. The molecule has 7 nitrogen and oxygen atoms in total.